The summed E-state index contributed by atoms with van der Waals surface area (Å²) in [7, 11) is 0. The maximum Gasteiger partial charge on any atom is 0.201 e. The molecule has 0 aliphatic carbocycles. The van der Waals surface area contributed by atoms with Crippen molar-refractivity contribution in [2.75, 3.05) is 5.73 Å². The molecule has 0 saturated carbocycles. The van der Waals surface area contributed by atoms with E-state index in [1.165, 1.54) is 12.1 Å². The topological polar surface area (TPSA) is 43.8 Å². The average Bonchev–Trinajstić information content (AvgIpc) is 2.39. The van der Waals surface area contributed by atoms with Crippen molar-refractivity contribution in [2.45, 2.75) is 19.9 Å². The molecule has 0 amide bonds. The molecular formula is C10H12FN3. The fourth-order valence-electron chi connectivity index (χ4n) is 1.63. The lowest BCUT2D eigenvalue weighted by molar-refractivity contribution is 0.622. The van der Waals surface area contributed by atoms with Crippen LogP contribution in [0.3, 0.4) is 0 Å². The molecule has 14 heavy (non-hydrogen) atoms. The summed E-state index contributed by atoms with van der Waals surface area (Å²) in [5, 5.41) is 0. The summed E-state index contributed by atoms with van der Waals surface area (Å²) in [4.78, 5) is 4.10. The number of nitrogens with zero attached hydrogens (tertiary/aromatic N) is 2. The average molecular weight is 193 g/mol. The second-order valence-corrected chi connectivity index (χ2v) is 3.57. The van der Waals surface area contributed by atoms with Gasteiger partial charge < -0.3 is 10.3 Å². The molecule has 0 atom stereocenters. The normalized spacial score (nSPS) is 11.4. The minimum atomic E-state index is -0.286. The first kappa shape index (κ1) is 8.99. The Labute approximate surface area is 81.4 Å². The Morgan fingerprint density at radius 1 is 1.43 bits per heavy atom. The number of imidazole rings is 1. The molecule has 1 aromatic carbocycles. The number of rotatable bonds is 1. The number of nitrogens with two attached hydrogens (primary N) is 1. The highest BCUT2D eigenvalue weighted by Crippen LogP contribution is 2.22. The second-order valence-electron chi connectivity index (χ2n) is 3.57. The molecular weight excluding hydrogens is 181 g/mol. The molecule has 1 aromatic heterocycles. The van der Waals surface area contributed by atoms with Gasteiger partial charge in [-0.3, -0.25) is 0 Å². The predicted molar refractivity (Wildman–Crippen MR) is 54.5 cm³/mol. The van der Waals surface area contributed by atoms with Crippen LogP contribution in [0, 0.1) is 5.82 Å². The van der Waals surface area contributed by atoms with Gasteiger partial charge in [-0.05, 0) is 26.0 Å². The van der Waals surface area contributed by atoms with Crippen molar-refractivity contribution in [2.24, 2.45) is 0 Å². The molecule has 2 N–H and O–H groups in total. The Morgan fingerprint density at radius 3 is 2.79 bits per heavy atom. The van der Waals surface area contributed by atoms with Crippen LogP contribution in [0.2, 0.25) is 0 Å². The first-order valence-corrected chi connectivity index (χ1v) is 4.52. The van der Waals surface area contributed by atoms with E-state index in [2.05, 4.69) is 4.98 Å². The van der Waals surface area contributed by atoms with Gasteiger partial charge in [0, 0.05) is 12.1 Å². The zero-order valence-corrected chi connectivity index (χ0v) is 8.16. The molecule has 4 heteroatoms. The predicted octanol–water partition coefficient (Wildman–Crippen LogP) is 2.34. The van der Waals surface area contributed by atoms with E-state index in [4.69, 9.17) is 5.73 Å². The highest BCUT2D eigenvalue weighted by atomic mass is 19.1. The molecule has 0 radical (unpaired) electrons. The van der Waals surface area contributed by atoms with Gasteiger partial charge in [0.05, 0.1) is 11.0 Å². The van der Waals surface area contributed by atoms with Gasteiger partial charge in [0.25, 0.3) is 0 Å². The van der Waals surface area contributed by atoms with Crippen LogP contribution in [-0.2, 0) is 0 Å². The molecule has 3 nitrogen and oxygen atoms in total. The standard InChI is InChI=1S/C10H12FN3/c1-6(2)14-9-4-3-7(11)5-8(9)13-10(14)12/h3-6H,1-2H3,(H2,12,13). The van der Waals surface area contributed by atoms with Gasteiger partial charge in [-0.15, -0.1) is 0 Å². The molecule has 1 heterocycles. The Balaban J connectivity index is 2.77. The number of hydrogen-bond acceptors (Lipinski definition) is 2. The van der Waals surface area contributed by atoms with Crippen LogP contribution in [-0.4, -0.2) is 9.55 Å². The van der Waals surface area contributed by atoms with Gasteiger partial charge in [-0.1, -0.05) is 0 Å². The molecule has 0 fully saturated rings. The van der Waals surface area contributed by atoms with E-state index >= 15 is 0 Å². The van der Waals surface area contributed by atoms with Crippen molar-refractivity contribution < 1.29 is 4.39 Å². The van der Waals surface area contributed by atoms with E-state index < -0.39 is 0 Å². The zero-order chi connectivity index (χ0) is 10.3. The van der Waals surface area contributed by atoms with E-state index in [-0.39, 0.29) is 11.9 Å². The molecule has 0 bridgehead atoms. The minimum absolute atomic E-state index is 0.227. The quantitative estimate of drug-likeness (QED) is 0.755. The van der Waals surface area contributed by atoms with Gasteiger partial charge >= 0.3 is 0 Å². The molecule has 0 aliphatic heterocycles. The maximum atomic E-state index is 12.9. The summed E-state index contributed by atoms with van der Waals surface area (Å²) in [6.07, 6.45) is 0. The summed E-state index contributed by atoms with van der Waals surface area (Å²) in [6.45, 7) is 4.03. The molecule has 0 unspecified atom stereocenters. The fraction of sp³-hybridized carbons (Fsp3) is 0.300. The molecule has 0 aliphatic rings. The van der Waals surface area contributed by atoms with E-state index in [1.54, 1.807) is 6.07 Å². The van der Waals surface area contributed by atoms with Gasteiger partial charge in [0.15, 0.2) is 0 Å². The summed E-state index contributed by atoms with van der Waals surface area (Å²) >= 11 is 0. The third-order valence-corrected chi connectivity index (χ3v) is 2.20. The smallest absolute Gasteiger partial charge is 0.201 e. The number of aromatic nitrogens is 2. The summed E-state index contributed by atoms with van der Waals surface area (Å²) < 4.78 is 14.8. The fourth-order valence-corrected chi connectivity index (χ4v) is 1.63. The third-order valence-electron chi connectivity index (χ3n) is 2.20. The molecule has 0 spiro atoms. The Kier molecular flexibility index (Phi) is 1.91. The van der Waals surface area contributed by atoms with Crippen LogP contribution in [0.4, 0.5) is 10.3 Å². The zero-order valence-electron chi connectivity index (χ0n) is 8.16. The van der Waals surface area contributed by atoms with Crippen LogP contribution in [0.15, 0.2) is 18.2 Å². The Hall–Kier alpha value is -1.58. The number of halogens is 1. The van der Waals surface area contributed by atoms with Crippen molar-refractivity contribution in [3.63, 3.8) is 0 Å². The van der Waals surface area contributed by atoms with Crippen LogP contribution in [0.1, 0.15) is 19.9 Å². The number of fused-ring (bicyclic) bond motifs is 1. The third kappa shape index (κ3) is 1.23. The Bertz CT molecular complexity index is 473. The molecule has 74 valence electrons. The first-order valence-electron chi connectivity index (χ1n) is 4.52. The monoisotopic (exact) mass is 193 g/mol. The van der Waals surface area contributed by atoms with Crippen molar-refractivity contribution in [3.05, 3.63) is 24.0 Å². The van der Waals surface area contributed by atoms with Crippen LogP contribution < -0.4 is 5.73 Å². The van der Waals surface area contributed by atoms with Crippen molar-refractivity contribution in [3.8, 4) is 0 Å². The molecule has 0 saturated heterocycles. The highest BCUT2D eigenvalue weighted by Gasteiger charge is 2.10. The van der Waals surface area contributed by atoms with Crippen molar-refractivity contribution in [1.82, 2.24) is 9.55 Å². The summed E-state index contributed by atoms with van der Waals surface area (Å²) in [6, 6.07) is 4.74. The maximum absolute atomic E-state index is 12.9. The van der Waals surface area contributed by atoms with Crippen molar-refractivity contribution in [1.29, 1.82) is 0 Å². The van der Waals surface area contributed by atoms with Gasteiger partial charge in [0.1, 0.15) is 5.82 Å². The lowest BCUT2D eigenvalue weighted by Crippen LogP contribution is -2.05. The minimum Gasteiger partial charge on any atom is -0.369 e. The van der Waals surface area contributed by atoms with E-state index in [0.717, 1.165) is 5.52 Å². The highest BCUT2D eigenvalue weighted by molar-refractivity contribution is 5.78. The van der Waals surface area contributed by atoms with E-state index in [1.807, 2.05) is 18.4 Å². The van der Waals surface area contributed by atoms with Crippen LogP contribution in [0.5, 0.6) is 0 Å². The lowest BCUT2D eigenvalue weighted by atomic mass is 10.3. The lowest BCUT2D eigenvalue weighted by Gasteiger charge is -2.09. The van der Waals surface area contributed by atoms with Gasteiger partial charge in [-0.25, -0.2) is 9.37 Å². The van der Waals surface area contributed by atoms with Crippen LogP contribution >= 0.6 is 0 Å². The molecule has 2 rings (SSSR count). The summed E-state index contributed by atoms with van der Waals surface area (Å²) in [5.41, 5.74) is 7.22. The summed E-state index contributed by atoms with van der Waals surface area (Å²) in [5.74, 6) is 0.145. The first-order chi connectivity index (χ1) is 6.59. The van der Waals surface area contributed by atoms with Gasteiger partial charge in [-0.2, -0.15) is 0 Å². The van der Waals surface area contributed by atoms with Gasteiger partial charge in [0.2, 0.25) is 5.95 Å². The Morgan fingerprint density at radius 2 is 2.14 bits per heavy atom. The molecule has 2 aromatic rings. The number of anilines is 1. The second kappa shape index (κ2) is 2.97. The van der Waals surface area contributed by atoms with Crippen molar-refractivity contribution >= 4 is 17.0 Å². The largest absolute Gasteiger partial charge is 0.369 e. The van der Waals surface area contributed by atoms with E-state index in [0.29, 0.717) is 11.5 Å². The van der Waals surface area contributed by atoms with Crippen LogP contribution in [0.25, 0.3) is 11.0 Å². The number of benzene rings is 1. The SMILES string of the molecule is CC(C)n1c(N)nc2cc(F)ccc21. The number of nitrogen functional groups attached to an aromatic ring is 1. The van der Waals surface area contributed by atoms with E-state index in [9.17, 15) is 4.39 Å². The number of hydrogen-bond donors (Lipinski definition) is 1.